The van der Waals surface area contributed by atoms with Crippen LogP contribution in [0.2, 0.25) is 0 Å². The molecular weight excluding hydrogens is 624 g/mol. The lowest BCUT2D eigenvalue weighted by Crippen LogP contribution is -2.64. The lowest BCUT2D eigenvalue weighted by Gasteiger charge is -2.59. The van der Waals surface area contributed by atoms with Crippen LogP contribution in [0.25, 0.3) is 0 Å². The maximum atomic E-state index is 14.8. The number of carbonyl (C=O) groups excluding carboxylic acids is 4. The summed E-state index contributed by atoms with van der Waals surface area (Å²) < 4.78 is 19.6. The van der Waals surface area contributed by atoms with Gasteiger partial charge < -0.3 is 24.2 Å². The molecule has 0 radical (unpaired) electrons. The van der Waals surface area contributed by atoms with E-state index >= 15 is 0 Å². The Balaban J connectivity index is 1.07. The highest BCUT2D eigenvalue weighted by molar-refractivity contribution is 6.01. The maximum absolute atomic E-state index is 14.8. The Kier molecular flexibility index (Phi) is 8.23. The van der Waals surface area contributed by atoms with Crippen molar-refractivity contribution in [2.45, 2.75) is 115 Å². The Hall–Kier alpha value is -3.21. The minimum absolute atomic E-state index is 0.00623. The SMILES string of the molecule is C[C@]12C=CC(=O)C=C1CCC1C2[C@@H](O)C[C@@]2(C)C1C[C@H]1O[C@@H](C3CCCCC3)O[C@]12C(=O)COC(=O)[C@@H]1CCCN1C(=O)c1cccnc1. The van der Waals surface area contributed by atoms with Crippen molar-refractivity contribution in [1.82, 2.24) is 9.88 Å². The standard InChI is InChI=1S/C39H48N2O8/c1-37-15-14-26(42)18-25(37)12-13-27-28-19-32-39(38(28,2)20-30(43)33(27)37,49-36(48-32)23-8-4-3-5-9-23)31(44)22-47-35(46)29-11-7-17-41(29)34(45)24-10-6-16-40-21-24/h6,10,14-16,18,21,23,27-30,32-33,36,43H,3-5,7-9,11-13,17,19-20,22H2,1-2H3/t27?,28?,29-,30-,32+,33?,36+,37-,38-,39+/m0/s1. The van der Waals surface area contributed by atoms with Crippen LogP contribution >= 0.6 is 0 Å². The summed E-state index contributed by atoms with van der Waals surface area (Å²) in [5, 5.41) is 12.1. The van der Waals surface area contributed by atoms with Gasteiger partial charge in [0, 0.05) is 41.6 Å². The summed E-state index contributed by atoms with van der Waals surface area (Å²) in [5.74, 6) is -0.997. The fraction of sp³-hybridized carbons (Fsp3) is 0.667. The van der Waals surface area contributed by atoms with Gasteiger partial charge in [-0.05, 0) is 87.5 Å². The first-order chi connectivity index (χ1) is 23.6. The minimum Gasteiger partial charge on any atom is -0.456 e. The van der Waals surface area contributed by atoms with Crippen molar-refractivity contribution in [2.24, 2.45) is 34.5 Å². The van der Waals surface area contributed by atoms with Gasteiger partial charge in [-0.25, -0.2) is 4.79 Å². The highest BCUT2D eigenvalue weighted by Gasteiger charge is 2.76. The molecule has 1 aromatic heterocycles. The highest BCUT2D eigenvalue weighted by Crippen LogP contribution is 2.70. The van der Waals surface area contributed by atoms with Gasteiger partial charge in [-0.15, -0.1) is 0 Å². The smallest absolute Gasteiger partial charge is 0.329 e. The van der Waals surface area contributed by atoms with E-state index < -0.39 is 53.5 Å². The zero-order valence-corrected chi connectivity index (χ0v) is 28.6. The zero-order chi connectivity index (χ0) is 34.1. The Labute approximate surface area is 287 Å². The molecule has 0 spiro atoms. The molecule has 8 rings (SSSR count). The van der Waals surface area contributed by atoms with E-state index in [9.17, 15) is 24.3 Å². The summed E-state index contributed by atoms with van der Waals surface area (Å²) in [4.78, 5) is 59.5. The number of ether oxygens (including phenoxy) is 3. The number of hydrogen-bond acceptors (Lipinski definition) is 9. The number of amides is 1. The van der Waals surface area contributed by atoms with Gasteiger partial charge in [-0.3, -0.25) is 19.4 Å². The van der Waals surface area contributed by atoms with E-state index in [1.807, 2.05) is 6.08 Å². The normalized spacial score (nSPS) is 41.4. The van der Waals surface area contributed by atoms with Gasteiger partial charge in [0.15, 0.2) is 24.3 Å². The molecule has 4 saturated carbocycles. The van der Waals surface area contributed by atoms with Crippen molar-refractivity contribution in [3.63, 3.8) is 0 Å². The number of nitrogens with zero attached hydrogens (tertiary/aromatic N) is 2. The number of pyridine rings is 1. The number of carbonyl (C=O) groups is 4. The molecule has 1 amide bonds. The predicted molar refractivity (Wildman–Crippen MR) is 177 cm³/mol. The van der Waals surface area contributed by atoms with Crippen molar-refractivity contribution in [1.29, 1.82) is 0 Å². The fourth-order valence-corrected chi connectivity index (χ4v) is 11.5. The Morgan fingerprint density at radius 1 is 1.10 bits per heavy atom. The van der Waals surface area contributed by atoms with Gasteiger partial charge in [0.1, 0.15) is 6.04 Å². The zero-order valence-electron chi connectivity index (χ0n) is 28.6. The van der Waals surface area contributed by atoms with E-state index in [-0.39, 0.29) is 41.1 Å². The number of hydrogen-bond donors (Lipinski definition) is 1. The topological polar surface area (TPSA) is 132 Å². The summed E-state index contributed by atoms with van der Waals surface area (Å²) in [7, 11) is 0. The minimum atomic E-state index is -1.37. The molecule has 2 saturated heterocycles. The molecule has 49 heavy (non-hydrogen) atoms. The van der Waals surface area contributed by atoms with Crippen molar-refractivity contribution in [3.05, 3.63) is 53.9 Å². The Bertz CT molecular complexity index is 1590. The lowest BCUT2D eigenvalue weighted by molar-refractivity contribution is -0.210. The Morgan fingerprint density at radius 3 is 2.69 bits per heavy atom. The number of rotatable bonds is 6. The second kappa shape index (κ2) is 12.2. The maximum Gasteiger partial charge on any atom is 0.329 e. The van der Waals surface area contributed by atoms with E-state index in [1.165, 1.54) is 17.5 Å². The van der Waals surface area contributed by atoms with Gasteiger partial charge in [0.2, 0.25) is 5.78 Å². The number of Topliss-reactive ketones (excluding diaryl/α,β-unsaturated/α-hetero) is 1. The molecule has 0 aromatic carbocycles. The number of ketones is 2. The number of esters is 1. The molecule has 1 aromatic rings. The first-order valence-electron chi connectivity index (χ1n) is 18.4. The van der Waals surface area contributed by atoms with Crippen LogP contribution in [0.15, 0.2) is 48.3 Å². The predicted octanol–water partition coefficient (Wildman–Crippen LogP) is 4.75. The molecule has 0 bridgehead atoms. The first kappa shape index (κ1) is 33.0. The van der Waals surface area contributed by atoms with Crippen LogP contribution in [0.3, 0.4) is 0 Å². The number of allylic oxidation sites excluding steroid dienone is 4. The van der Waals surface area contributed by atoms with Gasteiger partial charge in [0.25, 0.3) is 5.91 Å². The third-order valence-corrected chi connectivity index (χ3v) is 13.7. The number of aliphatic hydroxyl groups excluding tert-OH is 1. The summed E-state index contributed by atoms with van der Waals surface area (Å²) in [5.41, 5.74) is -1.09. The molecule has 10 nitrogen and oxygen atoms in total. The van der Waals surface area contributed by atoms with Crippen LogP contribution in [-0.4, -0.2) is 81.7 Å². The lowest BCUT2D eigenvalue weighted by atomic mass is 9.46. The quantitative estimate of drug-likeness (QED) is 0.426. The molecule has 2 aliphatic heterocycles. The van der Waals surface area contributed by atoms with Crippen molar-refractivity contribution in [2.75, 3.05) is 13.2 Å². The van der Waals surface area contributed by atoms with Crippen molar-refractivity contribution < 1.29 is 38.5 Å². The van der Waals surface area contributed by atoms with E-state index in [0.29, 0.717) is 37.8 Å². The number of aliphatic hydroxyl groups is 1. The second-order valence-corrected chi connectivity index (χ2v) is 16.1. The summed E-state index contributed by atoms with van der Waals surface area (Å²) in [6.07, 6.45) is 15.7. The molecule has 262 valence electrons. The Morgan fingerprint density at radius 2 is 1.92 bits per heavy atom. The van der Waals surface area contributed by atoms with Gasteiger partial charge in [-0.1, -0.05) is 44.8 Å². The molecule has 5 aliphatic carbocycles. The van der Waals surface area contributed by atoms with Gasteiger partial charge in [-0.2, -0.15) is 0 Å². The fourth-order valence-electron chi connectivity index (χ4n) is 11.5. The molecule has 7 aliphatic rings. The van der Waals surface area contributed by atoms with Crippen LogP contribution in [0.4, 0.5) is 0 Å². The van der Waals surface area contributed by atoms with E-state index in [2.05, 4.69) is 18.8 Å². The average Bonchev–Trinajstić information content (AvgIpc) is 3.81. The molecule has 10 atom stereocenters. The van der Waals surface area contributed by atoms with E-state index in [0.717, 1.165) is 44.1 Å². The molecule has 10 heteroatoms. The van der Waals surface area contributed by atoms with E-state index in [4.69, 9.17) is 14.2 Å². The monoisotopic (exact) mass is 672 g/mol. The van der Waals surface area contributed by atoms with Crippen LogP contribution in [0.1, 0.15) is 94.8 Å². The largest absolute Gasteiger partial charge is 0.456 e. The second-order valence-electron chi connectivity index (χ2n) is 16.1. The van der Waals surface area contributed by atoms with Gasteiger partial charge >= 0.3 is 5.97 Å². The van der Waals surface area contributed by atoms with Crippen LogP contribution in [0, 0.1) is 34.5 Å². The summed E-state index contributed by atoms with van der Waals surface area (Å²) in [6.45, 7) is 4.16. The van der Waals surface area contributed by atoms with Crippen LogP contribution < -0.4 is 0 Å². The molecule has 3 heterocycles. The summed E-state index contributed by atoms with van der Waals surface area (Å²) in [6, 6.07) is 2.58. The molecular formula is C39H48N2O8. The average molecular weight is 673 g/mol. The third kappa shape index (κ3) is 5.02. The molecule has 6 fully saturated rings. The molecule has 1 N–H and O–H groups in total. The number of likely N-dealkylation sites (tertiary alicyclic amines) is 1. The highest BCUT2D eigenvalue weighted by atomic mass is 16.7. The van der Waals surface area contributed by atoms with Crippen molar-refractivity contribution >= 4 is 23.4 Å². The third-order valence-electron chi connectivity index (χ3n) is 13.7. The number of aromatic nitrogens is 1. The van der Waals surface area contributed by atoms with E-state index in [1.54, 1.807) is 30.5 Å². The molecule has 3 unspecified atom stereocenters. The summed E-state index contributed by atoms with van der Waals surface area (Å²) >= 11 is 0. The van der Waals surface area contributed by atoms with Crippen molar-refractivity contribution in [3.8, 4) is 0 Å². The van der Waals surface area contributed by atoms with Gasteiger partial charge in [0.05, 0.1) is 17.8 Å². The van der Waals surface area contributed by atoms with Crippen LogP contribution in [0.5, 0.6) is 0 Å². The first-order valence-corrected chi connectivity index (χ1v) is 18.4. The van der Waals surface area contributed by atoms with Crippen LogP contribution in [-0.2, 0) is 28.6 Å². The number of fused-ring (bicyclic) bond motifs is 7.